The van der Waals surface area contributed by atoms with E-state index in [1.807, 2.05) is 0 Å². The van der Waals surface area contributed by atoms with E-state index < -0.39 is 11.9 Å². The normalized spacial score (nSPS) is 9.79. The van der Waals surface area contributed by atoms with Gasteiger partial charge in [-0.15, -0.1) is 0 Å². The first-order valence-corrected chi connectivity index (χ1v) is 5.84. The first-order valence-electron chi connectivity index (χ1n) is 5.84. The van der Waals surface area contributed by atoms with E-state index in [1.165, 1.54) is 18.2 Å². The smallest absolute Gasteiger partial charge is 0.339 e. The Morgan fingerprint density at radius 2 is 1.95 bits per heavy atom. The standard InChI is InChI=1S/C13H15NO5/c1-3-10(15)14-9-7-5-6-8(11(9)12(16)17)13(18)19-4-2/h5-7H,3-4H2,1-2H3,(H,14,15)(H,16,17). The molecule has 0 saturated heterocycles. The van der Waals surface area contributed by atoms with Crippen molar-refractivity contribution in [3.8, 4) is 0 Å². The topological polar surface area (TPSA) is 92.7 Å². The zero-order valence-corrected chi connectivity index (χ0v) is 10.7. The van der Waals surface area contributed by atoms with E-state index in [4.69, 9.17) is 4.74 Å². The van der Waals surface area contributed by atoms with Crippen LogP contribution in [0.1, 0.15) is 41.0 Å². The highest BCUT2D eigenvalue weighted by Crippen LogP contribution is 2.21. The molecule has 0 spiro atoms. The molecule has 0 saturated carbocycles. The monoisotopic (exact) mass is 265 g/mol. The van der Waals surface area contributed by atoms with Crippen molar-refractivity contribution in [1.29, 1.82) is 0 Å². The number of hydrogen-bond acceptors (Lipinski definition) is 4. The maximum atomic E-state index is 11.7. The first kappa shape index (κ1) is 14.7. The van der Waals surface area contributed by atoms with Gasteiger partial charge in [0.25, 0.3) is 0 Å². The van der Waals surface area contributed by atoms with E-state index in [-0.39, 0.29) is 35.7 Å². The highest BCUT2D eigenvalue weighted by Gasteiger charge is 2.21. The summed E-state index contributed by atoms with van der Waals surface area (Å²) in [5.41, 5.74) is -0.254. The number of carboxylic acids is 1. The van der Waals surface area contributed by atoms with Gasteiger partial charge in [-0.3, -0.25) is 4.79 Å². The van der Waals surface area contributed by atoms with Crippen LogP contribution >= 0.6 is 0 Å². The summed E-state index contributed by atoms with van der Waals surface area (Å²) in [7, 11) is 0. The number of carbonyl (C=O) groups excluding carboxylic acids is 2. The van der Waals surface area contributed by atoms with Crippen molar-refractivity contribution in [3.63, 3.8) is 0 Å². The number of ether oxygens (including phenoxy) is 1. The minimum Gasteiger partial charge on any atom is -0.478 e. The molecular formula is C13H15NO5. The summed E-state index contributed by atoms with van der Waals surface area (Å²) in [6.45, 7) is 3.41. The van der Waals surface area contributed by atoms with Crippen LogP contribution in [0.3, 0.4) is 0 Å². The molecule has 0 heterocycles. The Labute approximate surface area is 110 Å². The molecule has 1 amide bonds. The molecule has 0 bridgehead atoms. The highest BCUT2D eigenvalue weighted by atomic mass is 16.5. The molecule has 102 valence electrons. The second-order valence-corrected chi connectivity index (χ2v) is 3.66. The Morgan fingerprint density at radius 1 is 1.26 bits per heavy atom. The van der Waals surface area contributed by atoms with Crippen molar-refractivity contribution >= 4 is 23.5 Å². The van der Waals surface area contributed by atoms with Gasteiger partial charge >= 0.3 is 11.9 Å². The number of esters is 1. The molecule has 0 aliphatic heterocycles. The Hall–Kier alpha value is -2.37. The average Bonchev–Trinajstić information content (AvgIpc) is 2.38. The van der Waals surface area contributed by atoms with Gasteiger partial charge in [0.1, 0.15) is 0 Å². The fourth-order valence-corrected chi connectivity index (χ4v) is 1.50. The molecule has 0 unspecified atom stereocenters. The largest absolute Gasteiger partial charge is 0.478 e. The van der Waals surface area contributed by atoms with Gasteiger partial charge in [0, 0.05) is 6.42 Å². The third-order valence-electron chi connectivity index (χ3n) is 2.37. The summed E-state index contributed by atoms with van der Waals surface area (Å²) in [5, 5.41) is 11.6. The molecule has 0 aliphatic rings. The van der Waals surface area contributed by atoms with Crippen LogP contribution in [0.15, 0.2) is 18.2 Å². The highest BCUT2D eigenvalue weighted by molar-refractivity contribution is 6.08. The van der Waals surface area contributed by atoms with Crippen molar-refractivity contribution in [3.05, 3.63) is 29.3 Å². The van der Waals surface area contributed by atoms with E-state index >= 15 is 0 Å². The van der Waals surface area contributed by atoms with Gasteiger partial charge < -0.3 is 15.2 Å². The number of carboxylic acid groups (broad SMARTS) is 1. The molecule has 1 aromatic rings. The summed E-state index contributed by atoms with van der Waals surface area (Å²) in [6.07, 6.45) is 0.211. The lowest BCUT2D eigenvalue weighted by atomic mass is 10.1. The van der Waals surface area contributed by atoms with E-state index in [1.54, 1.807) is 13.8 Å². The van der Waals surface area contributed by atoms with Crippen molar-refractivity contribution in [2.24, 2.45) is 0 Å². The zero-order valence-electron chi connectivity index (χ0n) is 10.7. The molecule has 6 heteroatoms. The quantitative estimate of drug-likeness (QED) is 0.793. The minimum atomic E-state index is -1.30. The third-order valence-corrected chi connectivity index (χ3v) is 2.37. The number of amides is 1. The van der Waals surface area contributed by atoms with Crippen LogP contribution in [0.5, 0.6) is 0 Å². The summed E-state index contributed by atoms with van der Waals surface area (Å²) < 4.78 is 4.79. The predicted molar refractivity (Wildman–Crippen MR) is 68.3 cm³/mol. The summed E-state index contributed by atoms with van der Waals surface area (Å²) in [6, 6.07) is 4.27. The summed E-state index contributed by atoms with van der Waals surface area (Å²) in [5.74, 6) is -2.36. The van der Waals surface area contributed by atoms with Crippen LogP contribution in [0, 0.1) is 0 Å². The molecule has 1 rings (SSSR count). The van der Waals surface area contributed by atoms with Crippen LogP contribution in [-0.4, -0.2) is 29.6 Å². The predicted octanol–water partition coefficient (Wildman–Crippen LogP) is 1.91. The second kappa shape index (κ2) is 6.53. The minimum absolute atomic E-state index is 0.0803. The van der Waals surface area contributed by atoms with E-state index in [2.05, 4.69) is 5.32 Å². The Bertz CT molecular complexity index is 510. The molecule has 19 heavy (non-hydrogen) atoms. The summed E-state index contributed by atoms with van der Waals surface area (Å²) >= 11 is 0. The molecule has 0 atom stereocenters. The number of benzene rings is 1. The van der Waals surface area contributed by atoms with Crippen molar-refractivity contribution in [2.75, 3.05) is 11.9 Å². The number of hydrogen-bond donors (Lipinski definition) is 2. The van der Waals surface area contributed by atoms with E-state index in [9.17, 15) is 19.5 Å². The van der Waals surface area contributed by atoms with E-state index in [0.29, 0.717) is 0 Å². The first-order chi connectivity index (χ1) is 9.01. The van der Waals surface area contributed by atoms with Gasteiger partial charge in [-0.2, -0.15) is 0 Å². The molecule has 0 aromatic heterocycles. The zero-order chi connectivity index (χ0) is 14.4. The molecule has 0 fully saturated rings. The summed E-state index contributed by atoms with van der Waals surface area (Å²) in [4.78, 5) is 34.3. The Morgan fingerprint density at radius 3 is 2.47 bits per heavy atom. The lowest BCUT2D eigenvalue weighted by Crippen LogP contribution is -2.17. The second-order valence-electron chi connectivity index (χ2n) is 3.66. The van der Waals surface area contributed by atoms with Crippen molar-refractivity contribution < 1.29 is 24.2 Å². The SMILES string of the molecule is CCOC(=O)c1cccc(NC(=O)CC)c1C(=O)O. The van der Waals surface area contributed by atoms with Crippen LogP contribution in [0.2, 0.25) is 0 Å². The maximum absolute atomic E-state index is 11.7. The van der Waals surface area contributed by atoms with Crippen LogP contribution < -0.4 is 5.32 Å². The molecular weight excluding hydrogens is 250 g/mol. The number of nitrogens with one attached hydrogen (secondary N) is 1. The molecule has 1 aromatic carbocycles. The van der Waals surface area contributed by atoms with Gasteiger partial charge in [-0.25, -0.2) is 9.59 Å². The lowest BCUT2D eigenvalue weighted by molar-refractivity contribution is -0.115. The molecule has 0 aliphatic carbocycles. The number of carbonyl (C=O) groups is 3. The molecule has 6 nitrogen and oxygen atoms in total. The molecule has 0 radical (unpaired) electrons. The van der Waals surface area contributed by atoms with Gasteiger partial charge in [0.2, 0.25) is 5.91 Å². The van der Waals surface area contributed by atoms with Gasteiger partial charge in [-0.1, -0.05) is 13.0 Å². The van der Waals surface area contributed by atoms with Gasteiger partial charge in [-0.05, 0) is 19.1 Å². The maximum Gasteiger partial charge on any atom is 0.339 e. The Balaban J connectivity index is 3.25. The van der Waals surface area contributed by atoms with Crippen molar-refractivity contribution in [1.82, 2.24) is 0 Å². The van der Waals surface area contributed by atoms with Crippen LogP contribution in [-0.2, 0) is 9.53 Å². The fourth-order valence-electron chi connectivity index (χ4n) is 1.50. The average molecular weight is 265 g/mol. The lowest BCUT2D eigenvalue weighted by Gasteiger charge is -2.11. The Kier molecular flexibility index (Phi) is 5.05. The molecule has 2 N–H and O–H groups in total. The van der Waals surface area contributed by atoms with Crippen LogP contribution in [0.25, 0.3) is 0 Å². The third kappa shape index (κ3) is 3.54. The van der Waals surface area contributed by atoms with Crippen LogP contribution in [0.4, 0.5) is 5.69 Å². The fraction of sp³-hybridized carbons (Fsp3) is 0.308. The van der Waals surface area contributed by atoms with Gasteiger partial charge in [0.15, 0.2) is 0 Å². The van der Waals surface area contributed by atoms with E-state index in [0.717, 1.165) is 0 Å². The van der Waals surface area contributed by atoms with Gasteiger partial charge in [0.05, 0.1) is 23.4 Å². The number of anilines is 1. The number of rotatable bonds is 5. The van der Waals surface area contributed by atoms with Crippen molar-refractivity contribution in [2.45, 2.75) is 20.3 Å². The number of aromatic carboxylic acids is 1.